The summed E-state index contributed by atoms with van der Waals surface area (Å²) in [6.45, 7) is 2.50. The molecule has 1 aromatic carbocycles. The lowest BCUT2D eigenvalue weighted by Crippen LogP contribution is -2.05. The van der Waals surface area contributed by atoms with E-state index in [1.165, 1.54) is 0 Å². The van der Waals surface area contributed by atoms with Crippen molar-refractivity contribution in [3.05, 3.63) is 42.0 Å². The lowest BCUT2D eigenvalue weighted by atomic mass is 10.1. The zero-order chi connectivity index (χ0) is 9.10. The minimum atomic E-state index is 0.625. The summed E-state index contributed by atoms with van der Waals surface area (Å²) in [6.07, 6.45) is 1.99. The fraction of sp³-hybridized carbons (Fsp3) is 0.182. The minimum Gasteiger partial charge on any atom is -0.477 e. The number of benzene rings is 1. The Labute approximate surface area is 77.6 Å². The van der Waals surface area contributed by atoms with Crippen LogP contribution in [-0.4, -0.2) is 12.5 Å². The zero-order valence-corrected chi connectivity index (χ0v) is 7.53. The number of ether oxygens (including phenoxy) is 1. The second-order valence-corrected chi connectivity index (χ2v) is 2.90. The smallest absolute Gasteiger partial charge is 0.185 e. The molecule has 13 heavy (non-hydrogen) atoms. The maximum absolute atomic E-state index is 5.20. The summed E-state index contributed by atoms with van der Waals surface area (Å²) in [5.41, 5.74) is 2.15. The van der Waals surface area contributed by atoms with Crippen molar-refractivity contribution in [2.24, 2.45) is 4.99 Å². The summed E-state index contributed by atoms with van der Waals surface area (Å²) in [7, 11) is 0. The normalized spacial score (nSPS) is 15.8. The molecule has 0 unspecified atom stereocenters. The molecular weight excluding hydrogens is 162 g/mol. The van der Waals surface area contributed by atoms with Crippen molar-refractivity contribution in [1.29, 1.82) is 0 Å². The van der Waals surface area contributed by atoms with Crippen LogP contribution in [0.5, 0.6) is 0 Å². The van der Waals surface area contributed by atoms with Gasteiger partial charge in [0, 0.05) is 12.5 Å². The highest BCUT2D eigenvalue weighted by atomic mass is 16.5. The SMILES string of the molecule is CC1=NC(c2ccccc2)=CCO1. The molecule has 0 amide bonds. The van der Waals surface area contributed by atoms with E-state index in [0.29, 0.717) is 6.61 Å². The molecule has 0 bridgehead atoms. The first-order valence-corrected chi connectivity index (χ1v) is 4.30. The number of nitrogens with zero attached hydrogens (tertiary/aromatic N) is 1. The molecular formula is C11H11NO. The molecule has 2 heteroatoms. The molecule has 0 aromatic heterocycles. The largest absolute Gasteiger partial charge is 0.477 e. The van der Waals surface area contributed by atoms with Gasteiger partial charge in [-0.05, 0) is 6.08 Å². The molecule has 1 aromatic rings. The van der Waals surface area contributed by atoms with Crippen LogP contribution in [-0.2, 0) is 4.74 Å². The van der Waals surface area contributed by atoms with Gasteiger partial charge in [0.2, 0.25) is 0 Å². The fourth-order valence-electron chi connectivity index (χ4n) is 1.28. The quantitative estimate of drug-likeness (QED) is 0.639. The van der Waals surface area contributed by atoms with E-state index in [9.17, 15) is 0 Å². The van der Waals surface area contributed by atoms with Crippen LogP contribution in [0, 0.1) is 0 Å². The van der Waals surface area contributed by atoms with Crippen molar-refractivity contribution in [3.63, 3.8) is 0 Å². The molecule has 66 valence electrons. The molecule has 2 nitrogen and oxygen atoms in total. The molecule has 1 heterocycles. The van der Waals surface area contributed by atoms with Crippen LogP contribution in [0.4, 0.5) is 0 Å². The highest BCUT2D eigenvalue weighted by Crippen LogP contribution is 2.17. The zero-order valence-electron chi connectivity index (χ0n) is 7.53. The van der Waals surface area contributed by atoms with E-state index in [4.69, 9.17) is 4.74 Å². The van der Waals surface area contributed by atoms with Gasteiger partial charge in [-0.1, -0.05) is 30.3 Å². The lowest BCUT2D eigenvalue weighted by molar-refractivity contribution is 0.343. The Hall–Kier alpha value is -1.57. The third-order valence-corrected chi connectivity index (χ3v) is 1.92. The first kappa shape index (κ1) is 8.05. The lowest BCUT2D eigenvalue weighted by Gasteiger charge is -2.11. The van der Waals surface area contributed by atoms with Gasteiger partial charge < -0.3 is 4.74 Å². The molecule has 1 aliphatic heterocycles. The van der Waals surface area contributed by atoms with Gasteiger partial charge in [-0.3, -0.25) is 0 Å². The van der Waals surface area contributed by atoms with Gasteiger partial charge in [-0.2, -0.15) is 0 Å². The molecule has 0 aliphatic carbocycles. The summed E-state index contributed by atoms with van der Waals surface area (Å²) >= 11 is 0. The van der Waals surface area contributed by atoms with Gasteiger partial charge in [0.25, 0.3) is 0 Å². The van der Waals surface area contributed by atoms with E-state index in [1.807, 2.05) is 43.3 Å². The van der Waals surface area contributed by atoms with E-state index >= 15 is 0 Å². The third kappa shape index (κ3) is 1.78. The number of rotatable bonds is 1. The predicted molar refractivity (Wildman–Crippen MR) is 53.5 cm³/mol. The van der Waals surface area contributed by atoms with Gasteiger partial charge >= 0.3 is 0 Å². The Morgan fingerprint density at radius 2 is 2.00 bits per heavy atom. The highest BCUT2D eigenvalue weighted by Gasteiger charge is 2.04. The standard InChI is InChI=1S/C11H11NO/c1-9-12-11(7-8-13-9)10-5-3-2-4-6-10/h2-7H,8H2,1H3. The maximum Gasteiger partial charge on any atom is 0.185 e. The summed E-state index contributed by atoms with van der Waals surface area (Å²) in [5, 5.41) is 0. The van der Waals surface area contributed by atoms with Crippen LogP contribution in [0.3, 0.4) is 0 Å². The molecule has 1 aliphatic rings. The molecule has 0 radical (unpaired) electrons. The summed E-state index contributed by atoms with van der Waals surface area (Å²) in [4.78, 5) is 4.31. The number of hydrogen-bond acceptors (Lipinski definition) is 2. The van der Waals surface area contributed by atoms with Crippen LogP contribution in [0.2, 0.25) is 0 Å². The second kappa shape index (κ2) is 3.44. The van der Waals surface area contributed by atoms with E-state index in [2.05, 4.69) is 4.99 Å². The average Bonchev–Trinajstić information content (AvgIpc) is 2.19. The summed E-state index contributed by atoms with van der Waals surface area (Å²) < 4.78 is 5.20. The Morgan fingerprint density at radius 1 is 1.23 bits per heavy atom. The highest BCUT2D eigenvalue weighted by molar-refractivity contribution is 5.83. The van der Waals surface area contributed by atoms with E-state index < -0.39 is 0 Å². The van der Waals surface area contributed by atoms with Crippen molar-refractivity contribution < 1.29 is 4.74 Å². The van der Waals surface area contributed by atoms with Gasteiger partial charge in [-0.15, -0.1) is 0 Å². The summed E-state index contributed by atoms with van der Waals surface area (Å²) in [5.74, 6) is 0.737. The molecule has 0 atom stereocenters. The Balaban J connectivity index is 2.33. The van der Waals surface area contributed by atoms with Crippen molar-refractivity contribution in [2.45, 2.75) is 6.92 Å². The Bertz CT molecular complexity index is 352. The second-order valence-electron chi connectivity index (χ2n) is 2.90. The van der Waals surface area contributed by atoms with Crippen molar-refractivity contribution in [1.82, 2.24) is 0 Å². The third-order valence-electron chi connectivity index (χ3n) is 1.92. The van der Waals surface area contributed by atoms with Crippen molar-refractivity contribution in [2.75, 3.05) is 6.61 Å². The predicted octanol–water partition coefficient (Wildman–Crippen LogP) is 2.48. The fourth-order valence-corrected chi connectivity index (χ4v) is 1.28. The topological polar surface area (TPSA) is 21.6 Å². The van der Waals surface area contributed by atoms with E-state index in [-0.39, 0.29) is 0 Å². The number of hydrogen-bond donors (Lipinski definition) is 0. The first-order valence-electron chi connectivity index (χ1n) is 4.30. The van der Waals surface area contributed by atoms with Crippen molar-refractivity contribution in [3.8, 4) is 0 Å². The number of aliphatic imine (C=N–C) groups is 1. The van der Waals surface area contributed by atoms with Gasteiger partial charge in [0.05, 0.1) is 5.70 Å². The first-order chi connectivity index (χ1) is 6.36. The van der Waals surface area contributed by atoms with E-state index in [0.717, 1.165) is 17.2 Å². The van der Waals surface area contributed by atoms with Crippen molar-refractivity contribution >= 4 is 11.6 Å². The monoisotopic (exact) mass is 173 g/mol. The van der Waals surface area contributed by atoms with Crippen LogP contribution in [0.1, 0.15) is 12.5 Å². The van der Waals surface area contributed by atoms with Crippen LogP contribution < -0.4 is 0 Å². The minimum absolute atomic E-state index is 0.625. The van der Waals surface area contributed by atoms with Gasteiger partial charge in [0.15, 0.2) is 5.90 Å². The van der Waals surface area contributed by atoms with Crippen LogP contribution in [0.25, 0.3) is 5.70 Å². The molecule has 0 N–H and O–H groups in total. The summed E-state index contributed by atoms with van der Waals surface area (Å²) in [6, 6.07) is 10.1. The molecule has 0 saturated carbocycles. The van der Waals surface area contributed by atoms with Gasteiger partial charge in [0.1, 0.15) is 6.61 Å². The molecule has 0 saturated heterocycles. The maximum atomic E-state index is 5.20. The molecule has 0 fully saturated rings. The van der Waals surface area contributed by atoms with Crippen LogP contribution >= 0.6 is 0 Å². The molecule has 2 rings (SSSR count). The van der Waals surface area contributed by atoms with Crippen LogP contribution in [0.15, 0.2) is 41.4 Å². The Kier molecular flexibility index (Phi) is 2.13. The molecule has 0 spiro atoms. The van der Waals surface area contributed by atoms with Gasteiger partial charge in [-0.25, -0.2) is 4.99 Å². The average molecular weight is 173 g/mol. The van der Waals surface area contributed by atoms with E-state index in [1.54, 1.807) is 0 Å². The Morgan fingerprint density at radius 3 is 2.69 bits per heavy atom.